The monoisotopic (exact) mass is 266 g/mol. The van der Waals surface area contributed by atoms with Crippen LogP contribution in [0, 0.1) is 0 Å². The van der Waals surface area contributed by atoms with Gasteiger partial charge in [-0.1, -0.05) is 18.2 Å². The number of hydrogen-bond donors (Lipinski definition) is 2. The minimum absolute atomic E-state index is 0.152. The van der Waals surface area contributed by atoms with Crippen LogP contribution in [0.2, 0.25) is 0 Å². The van der Waals surface area contributed by atoms with E-state index in [1.807, 2.05) is 0 Å². The molecule has 0 atom stereocenters. The highest BCUT2D eigenvalue weighted by Crippen LogP contribution is 2.08. The normalized spacial score (nSPS) is 11.2. The largest absolute Gasteiger partial charge is 0.321 e. The number of amides is 1. The molecule has 0 bridgehead atoms. The smallest absolute Gasteiger partial charge is 0.318 e. The van der Waals surface area contributed by atoms with Crippen molar-refractivity contribution in [3.63, 3.8) is 0 Å². The Balaban J connectivity index is 2.28. The minimum atomic E-state index is -4.08. The Morgan fingerprint density at radius 1 is 1.22 bits per heavy atom. The van der Waals surface area contributed by atoms with Crippen molar-refractivity contribution in [2.45, 2.75) is 0 Å². The molecular formula is C10H10N4O3S. The summed E-state index contributed by atoms with van der Waals surface area (Å²) in [6.45, 7) is 0. The van der Waals surface area contributed by atoms with Crippen LogP contribution in [0.5, 0.6) is 0 Å². The van der Waals surface area contributed by atoms with Crippen LogP contribution in [0.3, 0.4) is 0 Å². The van der Waals surface area contributed by atoms with Gasteiger partial charge in [0.05, 0.1) is 6.20 Å². The zero-order valence-corrected chi connectivity index (χ0v) is 9.96. The summed E-state index contributed by atoms with van der Waals surface area (Å²) in [7, 11) is -4.08. The summed E-state index contributed by atoms with van der Waals surface area (Å²) in [4.78, 5) is 11.9. The summed E-state index contributed by atoms with van der Waals surface area (Å²) in [6, 6.07) is 9.90. The number of carbonyl (C=O) groups is 1. The van der Waals surface area contributed by atoms with Crippen molar-refractivity contribution >= 4 is 21.8 Å². The van der Waals surface area contributed by atoms with Gasteiger partial charge >= 0.3 is 10.2 Å². The Kier molecular flexibility index (Phi) is 3.13. The number of benzene rings is 1. The van der Waals surface area contributed by atoms with Gasteiger partial charge in [0.1, 0.15) is 5.69 Å². The molecule has 0 aliphatic heterocycles. The van der Waals surface area contributed by atoms with E-state index in [1.54, 1.807) is 30.3 Å². The third kappa shape index (κ3) is 2.55. The lowest BCUT2D eigenvalue weighted by molar-refractivity contribution is 0.102. The first-order valence-electron chi connectivity index (χ1n) is 4.92. The number of carbonyl (C=O) groups excluding carboxylic acids is 1. The van der Waals surface area contributed by atoms with Crippen molar-refractivity contribution in [2.24, 2.45) is 5.14 Å². The number of rotatable bonds is 3. The van der Waals surface area contributed by atoms with E-state index in [2.05, 4.69) is 10.4 Å². The third-order valence-corrected chi connectivity index (χ3v) is 2.89. The Morgan fingerprint density at radius 3 is 2.50 bits per heavy atom. The molecule has 8 heteroatoms. The van der Waals surface area contributed by atoms with Gasteiger partial charge in [-0.25, -0.2) is 5.14 Å². The molecule has 1 aromatic heterocycles. The van der Waals surface area contributed by atoms with Gasteiger partial charge in [-0.3, -0.25) is 4.79 Å². The maximum atomic E-state index is 11.9. The molecule has 0 saturated heterocycles. The number of anilines is 1. The molecule has 0 fully saturated rings. The summed E-state index contributed by atoms with van der Waals surface area (Å²) < 4.78 is 22.8. The van der Waals surface area contributed by atoms with Crippen molar-refractivity contribution in [2.75, 3.05) is 5.32 Å². The lowest BCUT2D eigenvalue weighted by Crippen LogP contribution is -2.28. The zero-order chi connectivity index (χ0) is 13.2. The predicted octanol–water partition coefficient (Wildman–Crippen LogP) is 0.187. The molecule has 0 aliphatic carbocycles. The summed E-state index contributed by atoms with van der Waals surface area (Å²) >= 11 is 0. The Labute approximate surface area is 103 Å². The van der Waals surface area contributed by atoms with Crippen molar-refractivity contribution < 1.29 is 13.2 Å². The van der Waals surface area contributed by atoms with Gasteiger partial charge in [-0.05, 0) is 18.2 Å². The van der Waals surface area contributed by atoms with Gasteiger partial charge in [-0.2, -0.15) is 13.5 Å². The summed E-state index contributed by atoms with van der Waals surface area (Å²) in [6.07, 6.45) is 1.18. The zero-order valence-electron chi connectivity index (χ0n) is 9.15. The highest BCUT2D eigenvalue weighted by Gasteiger charge is 2.18. The number of para-hydroxylation sites is 1. The van der Waals surface area contributed by atoms with E-state index >= 15 is 0 Å². The van der Waals surface area contributed by atoms with E-state index in [1.165, 1.54) is 12.3 Å². The summed E-state index contributed by atoms with van der Waals surface area (Å²) in [5.74, 6) is -0.604. The van der Waals surface area contributed by atoms with E-state index in [0.717, 1.165) is 0 Å². The lowest BCUT2D eigenvalue weighted by Gasteiger charge is -2.06. The molecule has 0 spiro atoms. The summed E-state index contributed by atoms with van der Waals surface area (Å²) in [5.41, 5.74) is 0.394. The van der Waals surface area contributed by atoms with E-state index in [-0.39, 0.29) is 5.69 Å². The maximum Gasteiger partial charge on any atom is 0.318 e. The highest BCUT2D eigenvalue weighted by atomic mass is 32.2. The molecule has 2 aromatic rings. The van der Waals surface area contributed by atoms with E-state index in [9.17, 15) is 13.2 Å². The van der Waals surface area contributed by atoms with Crippen LogP contribution in [-0.4, -0.2) is 23.5 Å². The van der Waals surface area contributed by atoms with Crippen LogP contribution < -0.4 is 10.5 Å². The molecule has 1 aromatic carbocycles. The standard InChI is InChI=1S/C10H10N4O3S/c11-18(16,17)14-9(6-7-12-14)10(15)13-8-4-2-1-3-5-8/h1-7H,(H,13,15)(H2,11,16,17). The third-order valence-electron chi connectivity index (χ3n) is 2.12. The first-order valence-corrected chi connectivity index (χ1v) is 6.42. The van der Waals surface area contributed by atoms with Crippen LogP contribution in [0.1, 0.15) is 10.5 Å². The average Bonchev–Trinajstić information content (AvgIpc) is 2.79. The Bertz CT molecular complexity index is 663. The van der Waals surface area contributed by atoms with E-state index < -0.39 is 16.1 Å². The number of nitrogens with two attached hydrogens (primary N) is 1. The van der Waals surface area contributed by atoms with Gasteiger partial charge in [0.2, 0.25) is 0 Å². The Hall–Kier alpha value is -2.19. The second kappa shape index (κ2) is 4.59. The molecule has 2 rings (SSSR count). The molecular weight excluding hydrogens is 256 g/mol. The molecule has 3 N–H and O–H groups in total. The highest BCUT2D eigenvalue weighted by molar-refractivity contribution is 7.87. The second-order valence-corrected chi connectivity index (χ2v) is 4.80. The fraction of sp³-hybridized carbons (Fsp3) is 0. The van der Waals surface area contributed by atoms with Crippen LogP contribution in [0.25, 0.3) is 0 Å². The first kappa shape index (κ1) is 12.3. The fourth-order valence-electron chi connectivity index (χ4n) is 1.37. The number of nitrogens with zero attached hydrogens (tertiary/aromatic N) is 2. The van der Waals surface area contributed by atoms with Crippen LogP contribution in [0.4, 0.5) is 5.69 Å². The molecule has 94 valence electrons. The number of nitrogens with one attached hydrogen (secondary N) is 1. The van der Waals surface area contributed by atoms with Crippen molar-refractivity contribution in [1.82, 2.24) is 9.19 Å². The first-order chi connectivity index (χ1) is 8.48. The number of aromatic nitrogens is 2. The SMILES string of the molecule is NS(=O)(=O)n1nccc1C(=O)Nc1ccccc1. The van der Waals surface area contributed by atoms with Crippen molar-refractivity contribution in [1.29, 1.82) is 0 Å². The van der Waals surface area contributed by atoms with Crippen LogP contribution in [0.15, 0.2) is 42.6 Å². The molecule has 0 radical (unpaired) electrons. The second-order valence-electron chi connectivity index (χ2n) is 3.42. The van der Waals surface area contributed by atoms with Gasteiger partial charge in [0.15, 0.2) is 0 Å². The average molecular weight is 266 g/mol. The quantitative estimate of drug-likeness (QED) is 0.826. The molecule has 0 unspecified atom stereocenters. The molecule has 0 aliphatic rings. The van der Waals surface area contributed by atoms with Crippen LogP contribution in [-0.2, 0) is 10.2 Å². The lowest BCUT2D eigenvalue weighted by atomic mass is 10.3. The van der Waals surface area contributed by atoms with E-state index in [4.69, 9.17) is 5.14 Å². The number of hydrogen-bond acceptors (Lipinski definition) is 4. The van der Waals surface area contributed by atoms with Gasteiger partial charge < -0.3 is 5.32 Å². The van der Waals surface area contributed by atoms with Gasteiger partial charge in [0, 0.05) is 5.69 Å². The summed E-state index contributed by atoms with van der Waals surface area (Å²) in [5, 5.41) is 11.0. The van der Waals surface area contributed by atoms with Gasteiger partial charge in [0.25, 0.3) is 5.91 Å². The fourth-order valence-corrected chi connectivity index (χ4v) is 1.98. The Morgan fingerprint density at radius 2 is 1.89 bits per heavy atom. The maximum absolute atomic E-state index is 11.9. The molecule has 18 heavy (non-hydrogen) atoms. The molecule has 0 saturated carbocycles. The van der Waals surface area contributed by atoms with Gasteiger partial charge in [-0.15, -0.1) is 4.09 Å². The topological polar surface area (TPSA) is 107 Å². The minimum Gasteiger partial charge on any atom is -0.321 e. The van der Waals surface area contributed by atoms with Crippen molar-refractivity contribution in [3.8, 4) is 0 Å². The predicted molar refractivity (Wildman–Crippen MR) is 65.1 cm³/mol. The molecule has 1 heterocycles. The van der Waals surface area contributed by atoms with Crippen LogP contribution >= 0.6 is 0 Å². The molecule has 1 amide bonds. The molecule has 7 nitrogen and oxygen atoms in total. The van der Waals surface area contributed by atoms with Crippen molar-refractivity contribution in [3.05, 3.63) is 48.3 Å². The van der Waals surface area contributed by atoms with E-state index in [0.29, 0.717) is 9.77 Å².